The highest BCUT2D eigenvalue weighted by Crippen LogP contribution is 2.37. The predicted octanol–water partition coefficient (Wildman–Crippen LogP) is 4.36. The van der Waals surface area contributed by atoms with Crippen LogP contribution in [0.1, 0.15) is 37.6 Å². The van der Waals surface area contributed by atoms with Gasteiger partial charge < -0.3 is 5.32 Å². The molecule has 0 saturated carbocycles. The minimum Gasteiger partial charge on any atom is -0.305 e. The van der Waals surface area contributed by atoms with E-state index in [2.05, 4.69) is 24.3 Å². The number of thiophene rings is 1. The standard InChI is InChI=1S/C13H17Cl2N3S/c1-3-6-16-12(9-8-11(14)19-13(9)15)10-5-7-17-18(10)4-2/h5,7-8,12,16H,3-4,6H2,1-2H3. The van der Waals surface area contributed by atoms with Gasteiger partial charge in [0.2, 0.25) is 0 Å². The number of nitrogens with zero attached hydrogens (tertiary/aromatic N) is 2. The van der Waals surface area contributed by atoms with Crippen LogP contribution in [0.15, 0.2) is 18.3 Å². The van der Waals surface area contributed by atoms with Crippen molar-refractivity contribution >= 4 is 34.5 Å². The van der Waals surface area contributed by atoms with E-state index >= 15 is 0 Å². The van der Waals surface area contributed by atoms with Crippen molar-refractivity contribution in [2.45, 2.75) is 32.9 Å². The van der Waals surface area contributed by atoms with Crippen LogP contribution >= 0.6 is 34.5 Å². The van der Waals surface area contributed by atoms with Gasteiger partial charge in [-0.1, -0.05) is 30.1 Å². The predicted molar refractivity (Wildman–Crippen MR) is 82.4 cm³/mol. The first-order chi connectivity index (χ1) is 9.17. The van der Waals surface area contributed by atoms with Crippen LogP contribution in [-0.2, 0) is 6.54 Å². The molecule has 1 N–H and O–H groups in total. The van der Waals surface area contributed by atoms with E-state index in [9.17, 15) is 0 Å². The first-order valence-electron chi connectivity index (χ1n) is 6.37. The van der Waals surface area contributed by atoms with Gasteiger partial charge in [-0.3, -0.25) is 4.68 Å². The van der Waals surface area contributed by atoms with Crippen molar-refractivity contribution in [2.24, 2.45) is 0 Å². The smallest absolute Gasteiger partial charge is 0.0996 e. The van der Waals surface area contributed by atoms with Gasteiger partial charge in [0.1, 0.15) is 0 Å². The Bertz CT molecular complexity index is 536. The van der Waals surface area contributed by atoms with Gasteiger partial charge in [-0.25, -0.2) is 0 Å². The van der Waals surface area contributed by atoms with Crippen LogP contribution in [-0.4, -0.2) is 16.3 Å². The first-order valence-corrected chi connectivity index (χ1v) is 7.94. The second-order valence-electron chi connectivity index (χ2n) is 4.24. The quantitative estimate of drug-likeness (QED) is 0.857. The zero-order chi connectivity index (χ0) is 13.8. The van der Waals surface area contributed by atoms with E-state index in [0.717, 1.165) is 35.1 Å². The van der Waals surface area contributed by atoms with Crippen molar-refractivity contribution in [1.82, 2.24) is 15.1 Å². The van der Waals surface area contributed by atoms with Gasteiger partial charge in [0.05, 0.1) is 20.4 Å². The summed E-state index contributed by atoms with van der Waals surface area (Å²) >= 11 is 13.8. The van der Waals surface area contributed by atoms with Crippen molar-refractivity contribution in [3.05, 3.63) is 38.3 Å². The molecular formula is C13H17Cl2N3S. The Balaban J connectivity index is 2.38. The summed E-state index contributed by atoms with van der Waals surface area (Å²) in [6, 6.07) is 4.01. The molecule has 0 saturated heterocycles. The molecule has 104 valence electrons. The molecule has 2 heterocycles. The molecule has 3 nitrogen and oxygen atoms in total. The summed E-state index contributed by atoms with van der Waals surface area (Å²) in [5.41, 5.74) is 2.15. The number of halogens is 2. The Kier molecular flexibility index (Phi) is 5.28. The van der Waals surface area contributed by atoms with E-state index in [0.29, 0.717) is 4.34 Å². The SMILES string of the molecule is CCCNC(c1cc(Cl)sc1Cl)c1ccnn1CC. The summed E-state index contributed by atoms with van der Waals surface area (Å²) in [4.78, 5) is 0. The molecule has 0 aliphatic rings. The molecule has 0 bridgehead atoms. The third-order valence-electron chi connectivity index (χ3n) is 2.94. The minimum absolute atomic E-state index is 0.0404. The fourth-order valence-corrected chi connectivity index (χ4v) is 3.60. The Hall–Kier alpha value is -0.550. The first kappa shape index (κ1) is 14.9. The molecule has 0 fully saturated rings. The molecule has 6 heteroatoms. The van der Waals surface area contributed by atoms with E-state index < -0.39 is 0 Å². The maximum Gasteiger partial charge on any atom is 0.0996 e. The fourth-order valence-electron chi connectivity index (χ4n) is 2.06. The van der Waals surface area contributed by atoms with Crippen molar-refractivity contribution in [1.29, 1.82) is 0 Å². The molecule has 2 aromatic rings. The van der Waals surface area contributed by atoms with Gasteiger partial charge in [0.15, 0.2) is 0 Å². The molecule has 0 aromatic carbocycles. The average Bonchev–Trinajstić information content (AvgIpc) is 2.97. The minimum atomic E-state index is 0.0404. The van der Waals surface area contributed by atoms with Crippen LogP contribution in [0.25, 0.3) is 0 Å². The maximum atomic E-state index is 6.30. The maximum absolute atomic E-state index is 6.30. The van der Waals surface area contributed by atoms with Gasteiger partial charge in [-0.05, 0) is 32.0 Å². The normalized spacial score (nSPS) is 12.8. The van der Waals surface area contributed by atoms with Crippen LogP contribution in [0.5, 0.6) is 0 Å². The van der Waals surface area contributed by atoms with Crippen LogP contribution in [0.4, 0.5) is 0 Å². The number of aromatic nitrogens is 2. The summed E-state index contributed by atoms with van der Waals surface area (Å²) in [5, 5.41) is 7.85. The lowest BCUT2D eigenvalue weighted by Gasteiger charge is -2.19. The van der Waals surface area contributed by atoms with Crippen LogP contribution in [0.3, 0.4) is 0 Å². The fraction of sp³-hybridized carbons (Fsp3) is 0.462. The summed E-state index contributed by atoms with van der Waals surface area (Å²) in [6.45, 7) is 5.98. The van der Waals surface area contributed by atoms with Crippen LogP contribution in [0, 0.1) is 0 Å². The summed E-state index contributed by atoms with van der Waals surface area (Å²) in [5.74, 6) is 0. The Labute approximate surface area is 127 Å². The van der Waals surface area contributed by atoms with E-state index in [1.807, 2.05) is 23.0 Å². The second-order valence-corrected chi connectivity index (χ2v) is 6.52. The summed E-state index contributed by atoms with van der Waals surface area (Å²) in [7, 11) is 0. The van der Waals surface area contributed by atoms with Gasteiger partial charge in [-0.15, -0.1) is 11.3 Å². The number of rotatable bonds is 6. The van der Waals surface area contributed by atoms with Gasteiger partial charge in [0, 0.05) is 18.3 Å². The molecule has 1 atom stereocenters. The highest BCUT2D eigenvalue weighted by Gasteiger charge is 2.21. The monoisotopic (exact) mass is 317 g/mol. The Morgan fingerprint density at radius 1 is 1.42 bits per heavy atom. The zero-order valence-corrected chi connectivity index (χ0v) is 13.3. The summed E-state index contributed by atoms with van der Waals surface area (Å²) < 4.78 is 3.43. The lowest BCUT2D eigenvalue weighted by atomic mass is 10.1. The number of hydrogen-bond donors (Lipinski definition) is 1. The van der Waals surface area contributed by atoms with Crippen molar-refractivity contribution < 1.29 is 0 Å². The van der Waals surface area contributed by atoms with Crippen LogP contribution in [0.2, 0.25) is 8.67 Å². The second kappa shape index (κ2) is 6.75. The lowest BCUT2D eigenvalue weighted by Crippen LogP contribution is -2.25. The number of hydrogen-bond acceptors (Lipinski definition) is 3. The highest BCUT2D eigenvalue weighted by molar-refractivity contribution is 7.20. The van der Waals surface area contributed by atoms with Gasteiger partial charge >= 0.3 is 0 Å². The molecule has 0 aliphatic carbocycles. The average molecular weight is 318 g/mol. The van der Waals surface area contributed by atoms with Gasteiger partial charge in [-0.2, -0.15) is 5.10 Å². The third-order valence-corrected chi connectivity index (χ3v) is 4.46. The molecule has 2 rings (SSSR count). The topological polar surface area (TPSA) is 29.9 Å². The van der Waals surface area contributed by atoms with Crippen LogP contribution < -0.4 is 5.32 Å². The molecular weight excluding hydrogens is 301 g/mol. The number of nitrogens with one attached hydrogen (secondary N) is 1. The molecule has 0 amide bonds. The molecule has 0 aliphatic heterocycles. The van der Waals surface area contributed by atoms with E-state index in [-0.39, 0.29) is 6.04 Å². The lowest BCUT2D eigenvalue weighted by molar-refractivity contribution is 0.531. The summed E-state index contributed by atoms with van der Waals surface area (Å²) in [6.07, 6.45) is 2.88. The molecule has 19 heavy (non-hydrogen) atoms. The Morgan fingerprint density at radius 3 is 2.79 bits per heavy atom. The van der Waals surface area contributed by atoms with E-state index in [1.54, 1.807) is 0 Å². The third kappa shape index (κ3) is 3.31. The van der Waals surface area contributed by atoms with E-state index in [1.165, 1.54) is 11.3 Å². The van der Waals surface area contributed by atoms with E-state index in [4.69, 9.17) is 23.2 Å². The van der Waals surface area contributed by atoms with Gasteiger partial charge in [0.25, 0.3) is 0 Å². The highest BCUT2D eigenvalue weighted by atomic mass is 35.5. The zero-order valence-electron chi connectivity index (χ0n) is 11.0. The largest absolute Gasteiger partial charge is 0.305 e. The van der Waals surface area contributed by atoms with Crippen molar-refractivity contribution in [2.75, 3.05) is 6.54 Å². The Morgan fingerprint density at radius 2 is 2.21 bits per heavy atom. The number of aryl methyl sites for hydroxylation is 1. The molecule has 1 unspecified atom stereocenters. The molecule has 2 aromatic heterocycles. The van der Waals surface area contributed by atoms with Crippen molar-refractivity contribution in [3.8, 4) is 0 Å². The molecule has 0 radical (unpaired) electrons. The molecule has 0 spiro atoms. The van der Waals surface area contributed by atoms with Crippen molar-refractivity contribution in [3.63, 3.8) is 0 Å².